The zero-order valence-electron chi connectivity index (χ0n) is 11.6. The Kier molecular flexibility index (Phi) is 3.02. The standard InChI is InChI=1S/C14H13N5O2/c1-18-8-9(7-15-18)16-13(20)12-10-5-3-4-6-11(10)14(21)19(2)17-12/h3-8H,1-2H3,(H,16,20). The first-order chi connectivity index (χ1) is 10.1. The van der Waals surface area contributed by atoms with Gasteiger partial charge in [0.25, 0.3) is 11.5 Å². The summed E-state index contributed by atoms with van der Waals surface area (Å²) in [5, 5.41) is 11.8. The van der Waals surface area contributed by atoms with Crippen LogP contribution in [0.3, 0.4) is 0 Å². The minimum Gasteiger partial charge on any atom is -0.318 e. The van der Waals surface area contributed by atoms with Gasteiger partial charge in [0.2, 0.25) is 0 Å². The summed E-state index contributed by atoms with van der Waals surface area (Å²) in [5.41, 5.74) is 0.544. The van der Waals surface area contributed by atoms with E-state index in [0.717, 1.165) is 0 Å². The van der Waals surface area contributed by atoms with Crippen LogP contribution in [0.4, 0.5) is 5.69 Å². The van der Waals surface area contributed by atoms with Gasteiger partial charge in [-0.2, -0.15) is 10.2 Å². The number of aryl methyl sites for hydroxylation is 2. The van der Waals surface area contributed by atoms with E-state index in [0.29, 0.717) is 16.5 Å². The van der Waals surface area contributed by atoms with Crippen molar-refractivity contribution in [3.05, 3.63) is 52.7 Å². The molecular weight excluding hydrogens is 270 g/mol. The Hall–Kier alpha value is -2.96. The molecule has 21 heavy (non-hydrogen) atoms. The quantitative estimate of drug-likeness (QED) is 0.758. The van der Waals surface area contributed by atoms with Crippen LogP contribution >= 0.6 is 0 Å². The fourth-order valence-corrected chi connectivity index (χ4v) is 2.14. The second kappa shape index (κ2) is 4.86. The zero-order valence-corrected chi connectivity index (χ0v) is 11.6. The smallest absolute Gasteiger partial charge is 0.276 e. The van der Waals surface area contributed by atoms with Crippen LogP contribution in [0.5, 0.6) is 0 Å². The number of fused-ring (bicyclic) bond motifs is 1. The van der Waals surface area contributed by atoms with Crippen LogP contribution in [-0.2, 0) is 14.1 Å². The summed E-state index contributed by atoms with van der Waals surface area (Å²) in [6, 6.07) is 6.92. The molecule has 0 fully saturated rings. The number of anilines is 1. The van der Waals surface area contributed by atoms with E-state index in [1.165, 1.54) is 11.7 Å². The maximum Gasteiger partial charge on any atom is 0.276 e. The second-order valence-electron chi connectivity index (χ2n) is 4.68. The zero-order chi connectivity index (χ0) is 15.0. The summed E-state index contributed by atoms with van der Waals surface area (Å²) in [4.78, 5) is 24.4. The van der Waals surface area contributed by atoms with Crippen LogP contribution in [0.25, 0.3) is 10.8 Å². The van der Waals surface area contributed by atoms with Crippen molar-refractivity contribution in [1.29, 1.82) is 0 Å². The van der Waals surface area contributed by atoms with Gasteiger partial charge >= 0.3 is 0 Å². The normalized spacial score (nSPS) is 10.8. The number of amides is 1. The van der Waals surface area contributed by atoms with E-state index in [2.05, 4.69) is 15.5 Å². The molecule has 7 heteroatoms. The third-order valence-corrected chi connectivity index (χ3v) is 3.13. The van der Waals surface area contributed by atoms with E-state index in [1.807, 2.05) is 0 Å². The summed E-state index contributed by atoms with van der Waals surface area (Å²) < 4.78 is 2.75. The van der Waals surface area contributed by atoms with Crippen LogP contribution in [0.1, 0.15) is 10.5 Å². The Morgan fingerprint density at radius 2 is 1.90 bits per heavy atom. The largest absolute Gasteiger partial charge is 0.318 e. The topological polar surface area (TPSA) is 81.8 Å². The number of nitrogens with one attached hydrogen (secondary N) is 1. The third kappa shape index (κ3) is 2.29. The van der Waals surface area contributed by atoms with Gasteiger partial charge in [-0.1, -0.05) is 18.2 Å². The first-order valence-electron chi connectivity index (χ1n) is 6.32. The lowest BCUT2D eigenvalue weighted by Gasteiger charge is -2.07. The van der Waals surface area contributed by atoms with E-state index in [9.17, 15) is 9.59 Å². The molecule has 3 aromatic rings. The fraction of sp³-hybridized carbons (Fsp3) is 0.143. The molecule has 2 heterocycles. The van der Waals surface area contributed by atoms with Crippen LogP contribution < -0.4 is 10.9 Å². The molecule has 0 spiro atoms. The maximum absolute atomic E-state index is 12.4. The Balaban J connectivity index is 2.09. The molecule has 0 bridgehead atoms. The van der Waals surface area contributed by atoms with Crippen molar-refractivity contribution in [3.8, 4) is 0 Å². The highest BCUT2D eigenvalue weighted by Gasteiger charge is 2.16. The van der Waals surface area contributed by atoms with Crippen molar-refractivity contribution < 1.29 is 4.79 Å². The maximum atomic E-state index is 12.4. The molecule has 0 aliphatic heterocycles. The summed E-state index contributed by atoms with van der Waals surface area (Å²) in [6.45, 7) is 0. The first-order valence-corrected chi connectivity index (χ1v) is 6.32. The van der Waals surface area contributed by atoms with Gasteiger partial charge < -0.3 is 5.32 Å². The van der Waals surface area contributed by atoms with Crippen molar-refractivity contribution in [1.82, 2.24) is 19.6 Å². The summed E-state index contributed by atoms with van der Waals surface area (Å²) in [6.07, 6.45) is 3.23. The fourth-order valence-electron chi connectivity index (χ4n) is 2.14. The predicted molar refractivity (Wildman–Crippen MR) is 78.1 cm³/mol. The Morgan fingerprint density at radius 3 is 2.57 bits per heavy atom. The molecule has 0 saturated heterocycles. The number of rotatable bonds is 2. The van der Waals surface area contributed by atoms with E-state index in [4.69, 9.17) is 0 Å². The molecule has 1 amide bonds. The Bertz CT molecular complexity index is 894. The highest BCUT2D eigenvalue weighted by molar-refractivity contribution is 6.10. The molecule has 3 rings (SSSR count). The average Bonchev–Trinajstić information content (AvgIpc) is 2.88. The second-order valence-corrected chi connectivity index (χ2v) is 4.68. The van der Waals surface area contributed by atoms with Gasteiger partial charge in [-0.25, -0.2) is 4.68 Å². The van der Waals surface area contributed by atoms with Crippen LogP contribution in [0, 0.1) is 0 Å². The third-order valence-electron chi connectivity index (χ3n) is 3.13. The molecule has 0 unspecified atom stereocenters. The average molecular weight is 283 g/mol. The predicted octanol–water partition coefficient (Wildman–Crippen LogP) is 0.919. The lowest BCUT2D eigenvalue weighted by Crippen LogP contribution is -2.25. The molecule has 0 aliphatic rings. The molecular formula is C14H13N5O2. The Morgan fingerprint density at radius 1 is 1.19 bits per heavy atom. The summed E-state index contributed by atoms with van der Waals surface area (Å²) in [5.74, 6) is -0.380. The highest BCUT2D eigenvalue weighted by atomic mass is 16.2. The van der Waals surface area contributed by atoms with E-state index in [1.54, 1.807) is 48.4 Å². The number of aromatic nitrogens is 4. The van der Waals surface area contributed by atoms with Crippen molar-refractivity contribution in [2.24, 2.45) is 14.1 Å². The van der Waals surface area contributed by atoms with Gasteiger partial charge in [-0.15, -0.1) is 0 Å². The lowest BCUT2D eigenvalue weighted by atomic mass is 10.1. The molecule has 0 aliphatic carbocycles. The van der Waals surface area contributed by atoms with Crippen LogP contribution in [0.15, 0.2) is 41.5 Å². The van der Waals surface area contributed by atoms with Crippen molar-refractivity contribution in [3.63, 3.8) is 0 Å². The number of benzene rings is 1. The molecule has 1 aromatic carbocycles. The van der Waals surface area contributed by atoms with Crippen molar-refractivity contribution in [2.45, 2.75) is 0 Å². The van der Waals surface area contributed by atoms with Gasteiger partial charge in [-0.3, -0.25) is 14.3 Å². The van der Waals surface area contributed by atoms with Gasteiger partial charge in [0.15, 0.2) is 5.69 Å². The summed E-state index contributed by atoms with van der Waals surface area (Å²) in [7, 11) is 3.28. The molecule has 1 N–H and O–H groups in total. The summed E-state index contributed by atoms with van der Waals surface area (Å²) >= 11 is 0. The molecule has 0 saturated carbocycles. The van der Waals surface area contributed by atoms with Gasteiger partial charge in [0.1, 0.15) is 0 Å². The van der Waals surface area contributed by atoms with Gasteiger partial charge in [0, 0.05) is 25.7 Å². The van der Waals surface area contributed by atoms with E-state index in [-0.39, 0.29) is 17.2 Å². The monoisotopic (exact) mass is 283 g/mol. The van der Waals surface area contributed by atoms with Crippen molar-refractivity contribution in [2.75, 3.05) is 5.32 Å². The SMILES string of the molecule is Cn1cc(NC(=O)c2nn(C)c(=O)c3ccccc23)cn1. The number of carbonyl (C=O) groups is 1. The minimum atomic E-state index is -0.380. The lowest BCUT2D eigenvalue weighted by molar-refractivity contribution is 0.102. The van der Waals surface area contributed by atoms with Crippen LogP contribution in [-0.4, -0.2) is 25.5 Å². The molecule has 106 valence electrons. The van der Waals surface area contributed by atoms with Gasteiger partial charge in [0.05, 0.1) is 17.3 Å². The minimum absolute atomic E-state index is 0.205. The van der Waals surface area contributed by atoms with E-state index < -0.39 is 0 Å². The van der Waals surface area contributed by atoms with E-state index >= 15 is 0 Å². The number of hydrogen-bond acceptors (Lipinski definition) is 4. The van der Waals surface area contributed by atoms with Gasteiger partial charge in [-0.05, 0) is 6.07 Å². The Labute approximate surface area is 119 Å². The molecule has 0 radical (unpaired) electrons. The number of nitrogens with zero attached hydrogens (tertiary/aromatic N) is 4. The highest BCUT2D eigenvalue weighted by Crippen LogP contribution is 2.14. The molecule has 0 atom stereocenters. The molecule has 2 aromatic heterocycles. The number of carbonyl (C=O) groups excluding carboxylic acids is 1. The first kappa shape index (κ1) is 13.0. The number of hydrogen-bond donors (Lipinski definition) is 1. The molecule has 7 nitrogen and oxygen atoms in total. The van der Waals surface area contributed by atoms with Crippen molar-refractivity contribution >= 4 is 22.4 Å². The van der Waals surface area contributed by atoms with Crippen LogP contribution in [0.2, 0.25) is 0 Å².